The Bertz CT molecular complexity index is 889. The van der Waals surface area contributed by atoms with Crippen molar-refractivity contribution in [3.8, 4) is 5.75 Å². The Labute approximate surface area is 156 Å². The first-order valence-corrected chi connectivity index (χ1v) is 8.60. The number of furan rings is 1. The summed E-state index contributed by atoms with van der Waals surface area (Å²) in [5.74, 6) is 1.39. The largest absolute Gasteiger partial charge is 0.497 e. The standard InChI is InChI=1S/C18H20N4O3S/c1-10-15-13(21-22-18(19)26)7-4-8-14(15)25-16(10)17(23)20-11-5-3-6-12(9-11)24-2/h3,5-6,9H,4,7-8H2,1-2H3,(H,20,23)(H3,19,22,26)/b21-13+. The molecule has 0 bridgehead atoms. The first-order chi connectivity index (χ1) is 12.5. The number of nitrogens with two attached hydrogens (primary N) is 1. The van der Waals surface area contributed by atoms with Gasteiger partial charge in [-0.2, -0.15) is 5.10 Å². The SMILES string of the molecule is COc1cccc(NC(=O)c2oc3c(c2C)/C(=N/NC(N)=S)CCC3)c1. The third-order valence-electron chi connectivity index (χ3n) is 4.16. The molecule has 1 aromatic carbocycles. The van der Waals surface area contributed by atoms with Crippen molar-refractivity contribution in [3.63, 3.8) is 0 Å². The number of nitrogens with zero attached hydrogens (tertiary/aromatic N) is 1. The number of aryl methyl sites for hydroxylation is 1. The molecule has 0 aliphatic heterocycles. The Morgan fingerprint density at radius 2 is 2.19 bits per heavy atom. The van der Waals surface area contributed by atoms with Gasteiger partial charge in [0.2, 0.25) is 0 Å². The van der Waals surface area contributed by atoms with Crippen LogP contribution in [0.2, 0.25) is 0 Å². The number of ether oxygens (including phenoxy) is 1. The zero-order valence-corrected chi connectivity index (χ0v) is 15.4. The van der Waals surface area contributed by atoms with Gasteiger partial charge in [0.1, 0.15) is 11.5 Å². The number of hydrogen-bond acceptors (Lipinski definition) is 5. The Balaban J connectivity index is 1.88. The third kappa shape index (κ3) is 3.70. The Hall–Kier alpha value is -2.87. The fraction of sp³-hybridized carbons (Fsp3) is 0.278. The van der Waals surface area contributed by atoms with Crippen molar-refractivity contribution < 1.29 is 13.9 Å². The van der Waals surface area contributed by atoms with E-state index in [2.05, 4.69) is 15.8 Å². The van der Waals surface area contributed by atoms with Crippen molar-refractivity contribution in [3.05, 3.63) is 46.9 Å². The number of hydrazone groups is 1. The van der Waals surface area contributed by atoms with E-state index in [4.69, 9.17) is 27.1 Å². The molecule has 4 N–H and O–H groups in total. The van der Waals surface area contributed by atoms with Crippen LogP contribution in [0.25, 0.3) is 0 Å². The van der Waals surface area contributed by atoms with E-state index < -0.39 is 0 Å². The van der Waals surface area contributed by atoms with Crippen molar-refractivity contribution in [1.82, 2.24) is 5.43 Å². The Kier molecular flexibility index (Phi) is 5.22. The van der Waals surface area contributed by atoms with E-state index in [0.717, 1.165) is 41.9 Å². The maximum Gasteiger partial charge on any atom is 0.291 e. The minimum Gasteiger partial charge on any atom is -0.497 e. The molecule has 7 nitrogen and oxygen atoms in total. The van der Waals surface area contributed by atoms with E-state index in [1.807, 2.05) is 13.0 Å². The monoisotopic (exact) mass is 372 g/mol. The van der Waals surface area contributed by atoms with E-state index >= 15 is 0 Å². The Morgan fingerprint density at radius 1 is 1.38 bits per heavy atom. The van der Waals surface area contributed by atoms with Gasteiger partial charge in [0.15, 0.2) is 10.9 Å². The second-order valence-corrected chi connectivity index (χ2v) is 6.37. The lowest BCUT2D eigenvalue weighted by molar-refractivity contribution is 0.0994. The molecule has 136 valence electrons. The molecular formula is C18H20N4O3S. The van der Waals surface area contributed by atoms with Crippen molar-refractivity contribution in [2.75, 3.05) is 12.4 Å². The molecule has 0 spiro atoms. The summed E-state index contributed by atoms with van der Waals surface area (Å²) in [5, 5.41) is 7.19. The van der Waals surface area contributed by atoms with E-state index in [0.29, 0.717) is 11.4 Å². The average Bonchev–Trinajstić information content (AvgIpc) is 2.97. The second-order valence-electron chi connectivity index (χ2n) is 5.93. The van der Waals surface area contributed by atoms with Crippen molar-refractivity contribution in [1.29, 1.82) is 0 Å². The van der Waals surface area contributed by atoms with Crippen molar-refractivity contribution >= 4 is 34.6 Å². The summed E-state index contributed by atoms with van der Waals surface area (Å²) in [6.07, 6.45) is 2.41. The normalized spacial score (nSPS) is 14.6. The molecule has 1 aliphatic carbocycles. The van der Waals surface area contributed by atoms with Crippen LogP contribution in [0.4, 0.5) is 5.69 Å². The number of carbonyl (C=O) groups is 1. The highest BCUT2D eigenvalue weighted by atomic mass is 32.1. The predicted molar refractivity (Wildman–Crippen MR) is 104 cm³/mol. The molecule has 0 atom stereocenters. The first kappa shape index (κ1) is 17.9. The number of carbonyl (C=O) groups excluding carboxylic acids is 1. The Morgan fingerprint density at radius 3 is 2.92 bits per heavy atom. The van der Waals surface area contributed by atoms with Crippen LogP contribution in [0.3, 0.4) is 0 Å². The molecule has 1 amide bonds. The zero-order valence-electron chi connectivity index (χ0n) is 14.6. The quantitative estimate of drug-likeness (QED) is 0.563. The fourth-order valence-corrected chi connectivity index (χ4v) is 3.05. The maximum absolute atomic E-state index is 12.7. The zero-order chi connectivity index (χ0) is 18.7. The van der Waals surface area contributed by atoms with Gasteiger partial charge in [-0.15, -0.1) is 0 Å². The van der Waals surface area contributed by atoms with Gasteiger partial charge >= 0.3 is 0 Å². The summed E-state index contributed by atoms with van der Waals surface area (Å²) in [4.78, 5) is 12.7. The van der Waals surface area contributed by atoms with E-state index in [-0.39, 0.29) is 16.8 Å². The van der Waals surface area contributed by atoms with Crippen LogP contribution in [0, 0.1) is 6.92 Å². The summed E-state index contributed by atoms with van der Waals surface area (Å²) in [6, 6.07) is 7.15. The van der Waals surface area contributed by atoms with Gasteiger partial charge in [0, 0.05) is 29.3 Å². The van der Waals surface area contributed by atoms with E-state index in [9.17, 15) is 4.79 Å². The fourth-order valence-electron chi connectivity index (χ4n) is 3.01. The molecule has 0 fully saturated rings. The van der Waals surface area contributed by atoms with Crippen LogP contribution in [-0.2, 0) is 6.42 Å². The van der Waals surface area contributed by atoms with Gasteiger partial charge in [0.25, 0.3) is 5.91 Å². The summed E-state index contributed by atoms with van der Waals surface area (Å²) in [7, 11) is 1.58. The molecule has 3 rings (SSSR count). The predicted octanol–water partition coefficient (Wildman–Crippen LogP) is 2.72. The lowest BCUT2D eigenvalue weighted by Gasteiger charge is -2.13. The molecule has 26 heavy (non-hydrogen) atoms. The molecule has 0 radical (unpaired) electrons. The molecule has 0 saturated carbocycles. The maximum atomic E-state index is 12.7. The van der Waals surface area contributed by atoms with Crippen LogP contribution in [0.1, 0.15) is 40.3 Å². The van der Waals surface area contributed by atoms with Crippen LogP contribution in [0.5, 0.6) is 5.75 Å². The van der Waals surface area contributed by atoms with Crippen LogP contribution in [-0.4, -0.2) is 23.8 Å². The van der Waals surface area contributed by atoms with Gasteiger partial charge in [-0.1, -0.05) is 6.07 Å². The number of methoxy groups -OCH3 is 1. The minimum absolute atomic E-state index is 0.0989. The van der Waals surface area contributed by atoms with Gasteiger partial charge < -0.3 is 20.2 Å². The number of benzene rings is 1. The number of nitrogens with one attached hydrogen (secondary N) is 2. The van der Waals surface area contributed by atoms with Crippen molar-refractivity contribution in [2.45, 2.75) is 26.2 Å². The second kappa shape index (κ2) is 7.57. The molecule has 0 saturated heterocycles. The number of amides is 1. The highest BCUT2D eigenvalue weighted by molar-refractivity contribution is 7.80. The number of fused-ring (bicyclic) bond motifs is 1. The van der Waals surface area contributed by atoms with Crippen molar-refractivity contribution in [2.24, 2.45) is 10.8 Å². The molecule has 0 unspecified atom stereocenters. The number of rotatable bonds is 4. The topological polar surface area (TPSA) is 102 Å². The summed E-state index contributed by atoms with van der Waals surface area (Å²) in [6.45, 7) is 1.85. The number of anilines is 1. The minimum atomic E-state index is -0.313. The molecule has 1 heterocycles. The van der Waals surface area contributed by atoms with E-state index in [1.54, 1.807) is 25.3 Å². The lowest BCUT2D eigenvalue weighted by Crippen LogP contribution is -2.26. The summed E-state index contributed by atoms with van der Waals surface area (Å²) in [5.41, 5.74) is 11.1. The summed E-state index contributed by atoms with van der Waals surface area (Å²) >= 11 is 4.80. The van der Waals surface area contributed by atoms with Crippen LogP contribution < -0.4 is 21.2 Å². The van der Waals surface area contributed by atoms with Gasteiger partial charge in [-0.25, -0.2) is 0 Å². The first-order valence-electron chi connectivity index (χ1n) is 8.19. The third-order valence-corrected chi connectivity index (χ3v) is 4.25. The molecule has 8 heteroatoms. The highest BCUT2D eigenvalue weighted by Gasteiger charge is 2.28. The number of thiocarbonyl (C=S) groups is 1. The van der Waals surface area contributed by atoms with Gasteiger partial charge in [0.05, 0.1) is 12.8 Å². The average molecular weight is 372 g/mol. The van der Waals surface area contributed by atoms with Gasteiger partial charge in [-0.3, -0.25) is 10.2 Å². The van der Waals surface area contributed by atoms with Crippen LogP contribution >= 0.6 is 12.2 Å². The van der Waals surface area contributed by atoms with Gasteiger partial charge in [-0.05, 0) is 44.1 Å². The number of hydrogen-bond donors (Lipinski definition) is 3. The molecule has 1 aliphatic rings. The lowest BCUT2D eigenvalue weighted by atomic mass is 9.93. The highest BCUT2D eigenvalue weighted by Crippen LogP contribution is 2.30. The molecule has 1 aromatic heterocycles. The summed E-state index contributed by atoms with van der Waals surface area (Å²) < 4.78 is 11.0. The molecular weight excluding hydrogens is 352 g/mol. The smallest absolute Gasteiger partial charge is 0.291 e. The van der Waals surface area contributed by atoms with E-state index in [1.165, 1.54) is 0 Å². The van der Waals surface area contributed by atoms with Crippen LogP contribution in [0.15, 0.2) is 33.8 Å². The molecule has 2 aromatic rings.